The smallest absolute Gasteiger partial charge is 0.321 e. The maximum Gasteiger partial charge on any atom is 0.435 e. The average molecular weight is 504 g/mol. The van der Waals surface area contributed by atoms with Crippen molar-refractivity contribution in [3.8, 4) is 0 Å². The van der Waals surface area contributed by atoms with Gasteiger partial charge in [0.05, 0.1) is 4.47 Å². The molecule has 0 aliphatic carbocycles. The molecule has 164 valence electrons. The van der Waals surface area contributed by atoms with E-state index >= 15 is 0 Å². The summed E-state index contributed by atoms with van der Waals surface area (Å²) in [5.74, 6) is -1.42. The van der Waals surface area contributed by atoms with E-state index in [1.807, 2.05) is 0 Å². The van der Waals surface area contributed by atoms with Crippen LogP contribution in [-0.4, -0.2) is 18.3 Å². The normalized spacial score (nSPS) is 12.8. The van der Waals surface area contributed by atoms with Crippen LogP contribution in [0, 0.1) is 12.7 Å². The standard InChI is InChI=1S/C19H14BrF8NO/c1-3-10-7-12(17(22,18(23,24)25)19(26,27)28)6-9(2)15(10)29-16(30)11-4-5-14(21)13(20)8-11/h4-8H,3H2,1-2H3,(H,29,30). The molecule has 0 aliphatic heterocycles. The van der Waals surface area contributed by atoms with Gasteiger partial charge < -0.3 is 5.32 Å². The van der Waals surface area contributed by atoms with Crippen LogP contribution in [0.25, 0.3) is 0 Å². The molecule has 0 saturated carbocycles. The van der Waals surface area contributed by atoms with Crippen LogP contribution in [0.4, 0.5) is 40.8 Å². The third kappa shape index (κ3) is 4.30. The number of anilines is 1. The Morgan fingerprint density at radius 1 is 1.00 bits per heavy atom. The van der Waals surface area contributed by atoms with Crippen LogP contribution in [0.5, 0.6) is 0 Å². The van der Waals surface area contributed by atoms with Crippen LogP contribution in [0.2, 0.25) is 0 Å². The minimum Gasteiger partial charge on any atom is -0.321 e. The van der Waals surface area contributed by atoms with Gasteiger partial charge in [-0.05, 0) is 64.7 Å². The number of benzene rings is 2. The number of hydrogen-bond acceptors (Lipinski definition) is 1. The summed E-state index contributed by atoms with van der Waals surface area (Å²) in [5.41, 5.74) is -7.60. The number of nitrogens with one attached hydrogen (secondary N) is 1. The fourth-order valence-electron chi connectivity index (χ4n) is 2.83. The third-order valence-electron chi connectivity index (χ3n) is 4.40. The largest absolute Gasteiger partial charge is 0.435 e. The van der Waals surface area contributed by atoms with Crippen molar-refractivity contribution in [1.29, 1.82) is 0 Å². The number of carbonyl (C=O) groups excluding carboxylic acids is 1. The molecule has 11 heteroatoms. The summed E-state index contributed by atoms with van der Waals surface area (Å²) in [6.07, 6.45) is -12.6. The van der Waals surface area contributed by atoms with Gasteiger partial charge in [0.15, 0.2) is 0 Å². The minimum absolute atomic E-state index is 0.0146. The fourth-order valence-corrected chi connectivity index (χ4v) is 3.21. The highest BCUT2D eigenvalue weighted by molar-refractivity contribution is 9.10. The van der Waals surface area contributed by atoms with E-state index in [4.69, 9.17) is 0 Å². The van der Waals surface area contributed by atoms with Crippen molar-refractivity contribution in [1.82, 2.24) is 0 Å². The Morgan fingerprint density at radius 2 is 1.57 bits per heavy atom. The number of alkyl halides is 7. The molecule has 0 unspecified atom stereocenters. The number of halogens is 9. The van der Waals surface area contributed by atoms with Crippen LogP contribution in [0.1, 0.15) is 34.0 Å². The average Bonchev–Trinajstić information content (AvgIpc) is 2.62. The van der Waals surface area contributed by atoms with E-state index in [1.165, 1.54) is 6.92 Å². The zero-order chi connectivity index (χ0) is 23.1. The highest BCUT2D eigenvalue weighted by Gasteiger charge is 2.73. The summed E-state index contributed by atoms with van der Waals surface area (Å²) in [4.78, 5) is 12.4. The monoisotopic (exact) mass is 503 g/mol. The van der Waals surface area contributed by atoms with Crippen molar-refractivity contribution >= 4 is 27.5 Å². The molecular formula is C19H14BrF8NO. The number of hydrogen-bond donors (Lipinski definition) is 1. The second kappa shape index (κ2) is 8.16. The third-order valence-corrected chi connectivity index (χ3v) is 5.01. The summed E-state index contributed by atoms with van der Waals surface area (Å²) >= 11 is 2.90. The first kappa shape index (κ1) is 24.1. The second-order valence-electron chi connectivity index (χ2n) is 6.42. The van der Waals surface area contributed by atoms with Crippen molar-refractivity contribution in [3.05, 3.63) is 62.9 Å². The SMILES string of the molecule is CCc1cc(C(F)(C(F)(F)F)C(F)(F)F)cc(C)c1NC(=O)c1ccc(F)c(Br)c1. The lowest BCUT2D eigenvalue weighted by molar-refractivity contribution is -0.348. The number of amides is 1. The van der Waals surface area contributed by atoms with Gasteiger partial charge in [-0.1, -0.05) is 13.0 Å². The van der Waals surface area contributed by atoms with Gasteiger partial charge in [-0.25, -0.2) is 8.78 Å². The van der Waals surface area contributed by atoms with Crippen LogP contribution < -0.4 is 5.32 Å². The first-order valence-corrected chi connectivity index (χ1v) is 9.15. The van der Waals surface area contributed by atoms with E-state index < -0.39 is 35.3 Å². The van der Waals surface area contributed by atoms with Crippen LogP contribution in [0.15, 0.2) is 34.8 Å². The van der Waals surface area contributed by atoms with E-state index in [1.54, 1.807) is 0 Å². The predicted octanol–water partition coefficient (Wildman–Crippen LogP) is 7.00. The Kier molecular flexibility index (Phi) is 6.56. The molecular weight excluding hydrogens is 490 g/mol. The highest BCUT2D eigenvalue weighted by Crippen LogP contribution is 2.53. The molecule has 2 rings (SSSR count). The first-order valence-electron chi connectivity index (χ1n) is 8.36. The molecule has 0 spiro atoms. The van der Waals surface area contributed by atoms with E-state index in [-0.39, 0.29) is 33.3 Å². The summed E-state index contributed by atoms with van der Waals surface area (Å²) in [6, 6.07) is 4.13. The molecule has 2 aromatic rings. The van der Waals surface area contributed by atoms with Gasteiger partial charge in [0.1, 0.15) is 5.82 Å². The minimum atomic E-state index is -6.24. The molecule has 1 amide bonds. The summed E-state index contributed by atoms with van der Waals surface area (Å²) in [5, 5.41) is 2.38. The zero-order valence-corrected chi connectivity index (χ0v) is 17.0. The Morgan fingerprint density at radius 3 is 2.03 bits per heavy atom. The van der Waals surface area contributed by atoms with Crippen molar-refractivity contribution in [2.75, 3.05) is 5.32 Å². The van der Waals surface area contributed by atoms with Gasteiger partial charge in [0, 0.05) is 16.8 Å². The molecule has 0 atom stereocenters. The highest BCUT2D eigenvalue weighted by atomic mass is 79.9. The molecule has 2 aromatic carbocycles. The molecule has 0 fully saturated rings. The molecule has 0 saturated heterocycles. The number of aryl methyl sites for hydroxylation is 2. The quantitative estimate of drug-likeness (QED) is 0.447. The zero-order valence-electron chi connectivity index (χ0n) is 15.4. The van der Waals surface area contributed by atoms with Crippen LogP contribution in [-0.2, 0) is 12.1 Å². The molecule has 1 N–H and O–H groups in total. The molecule has 0 radical (unpaired) electrons. The molecule has 0 heterocycles. The van der Waals surface area contributed by atoms with Gasteiger partial charge in [0.2, 0.25) is 0 Å². The molecule has 30 heavy (non-hydrogen) atoms. The molecule has 0 aliphatic rings. The Hall–Kier alpha value is -2.17. The first-order chi connectivity index (χ1) is 13.6. The lowest BCUT2D eigenvalue weighted by Crippen LogP contribution is -2.50. The van der Waals surface area contributed by atoms with Crippen molar-refractivity contribution in [3.63, 3.8) is 0 Å². The Labute approximate surface area is 174 Å². The fraction of sp³-hybridized carbons (Fsp3) is 0.316. The Balaban J connectivity index is 2.55. The van der Waals surface area contributed by atoms with E-state index in [0.717, 1.165) is 25.1 Å². The topological polar surface area (TPSA) is 29.1 Å². The lowest BCUT2D eigenvalue weighted by atomic mass is 9.89. The van der Waals surface area contributed by atoms with E-state index in [2.05, 4.69) is 21.2 Å². The molecule has 2 nitrogen and oxygen atoms in total. The van der Waals surface area contributed by atoms with E-state index in [9.17, 15) is 39.9 Å². The van der Waals surface area contributed by atoms with Crippen LogP contribution >= 0.6 is 15.9 Å². The van der Waals surface area contributed by atoms with Crippen molar-refractivity contribution in [2.24, 2.45) is 0 Å². The summed E-state index contributed by atoms with van der Waals surface area (Å²) in [7, 11) is 0. The van der Waals surface area contributed by atoms with Gasteiger partial charge >= 0.3 is 18.0 Å². The Bertz CT molecular complexity index is 954. The summed E-state index contributed by atoms with van der Waals surface area (Å²) in [6.45, 7) is 2.57. The van der Waals surface area contributed by atoms with Gasteiger partial charge in [-0.2, -0.15) is 26.3 Å². The van der Waals surface area contributed by atoms with Gasteiger partial charge in [0.25, 0.3) is 5.91 Å². The maximum absolute atomic E-state index is 14.4. The maximum atomic E-state index is 14.4. The van der Waals surface area contributed by atoms with Crippen LogP contribution in [0.3, 0.4) is 0 Å². The lowest BCUT2D eigenvalue weighted by Gasteiger charge is -2.31. The van der Waals surface area contributed by atoms with Crippen molar-refractivity contribution in [2.45, 2.75) is 38.3 Å². The molecule has 0 aromatic heterocycles. The van der Waals surface area contributed by atoms with E-state index in [0.29, 0.717) is 12.1 Å². The number of carbonyl (C=O) groups is 1. The predicted molar refractivity (Wildman–Crippen MR) is 97.5 cm³/mol. The van der Waals surface area contributed by atoms with Crippen molar-refractivity contribution < 1.29 is 39.9 Å². The second-order valence-corrected chi connectivity index (χ2v) is 7.27. The number of rotatable bonds is 4. The molecule has 0 bridgehead atoms. The summed E-state index contributed by atoms with van der Waals surface area (Å²) < 4.78 is 106. The van der Waals surface area contributed by atoms with Gasteiger partial charge in [-0.3, -0.25) is 4.79 Å². The van der Waals surface area contributed by atoms with Gasteiger partial charge in [-0.15, -0.1) is 0 Å².